The van der Waals surface area contributed by atoms with Gasteiger partial charge in [-0.1, -0.05) is 19.4 Å². The van der Waals surface area contributed by atoms with E-state index in [1.54, 1.807) is 22.5 Å². The minimum absolute atomic E-state index is 0.278. The van der Waals surface area contributed by atoms with E-state index >= 15 is 0 Å². The average Bonchev–Trinajstić information content (AvgIpc) is 3.01. The van der Waals surface area contributed by atoms with E-state index < -0.39 is 10.0 Å². The molecule has 1 aromatic carbocycles. The number of aromatic nitrogens is 2. The smallest absolute Gasteiger partial charge is 0.245 e. The molecule has 1 aromatic heterocycles. The van der Waals surface area contributed by atoms with Crippen LogP contribution in [0.5, 0.6) is 0 Å². The highest BCUT2D eigenvalue weighted by Gasteiger charge is 2.30. The summed E-state index contributed by atoms with van der Waals surface area (Å²) in [5, 5.41) is 0. The maximum Gasteiger partial charge on any atom is 0.245 e. The molecule has 0 unspecified atom stereocenters. The lowest BCUT2D eigenvalue weighted by molar-refractivity contribution is 0.186. The van der Waals surface area contributed by atoms with Crippen LogP contribution in [0.3, 0.4) is 0 Å². The van der Waals surface area contributed by atoms with Crippen LogP contribution in [0, 0.1) is 0 Å². The van der Waals surface area contributed by atoms with Crippen molar-refractivity contribution in [3.05, 3.63) is 18.2 Å². The second kappa shape index (κ2) is 6.57. The van der Waals surface area contributed by atoms with Crippen molar-refractivity contribution in [2.75, 3.05) is 32.7 Å². The Morgan fingerprint density at radius 3 is 2.68 bits per heavy atom. The van der Waals surface area contributed by atoms with E-state index in [1.807, 2.05) is 0 Å². The Morgan fingerprint density at radius 2 is 1.95 bits per heavy atom. The van der Waals surface area contributed by atoms with Gasteiger partial charge in [-0.15, -0.1) is 0 Å². The van der Waals surface area contributed by atoms with Crippen LogP contribution in [-0.2, 0) is 10.0 Å². The summed E-state index contributed by atoms with van der Waals surface area (Å²) < 4.78 is 35.6. The SMILES string of the molecule is CCCCN1CCN(S(=O)(=O)c2cccc3nsnc23)CC1. The van der Waals surface area contributed by atoms with Crippen molar-refractivity contribution in [2.24, 2.45) is 0 Å². The summed E-state index contributed by atoms with van der Waals surface area (Å²) in [6, 6.07) is 5.15. The standard InChI is InChI=1S/C14H20N4O2S2/c1-2-3-7-17-8-10-18(11-9-17)22(19,20)13-6-4-5-12-14(13)16-21-15-12/h4-6H,2-3,7-11H2,1H3. The molecular weight excluding hydrogens is 320 g/mol. The number of piperazine rings is 1. The topological polar surface area (TPSA) is 66.4 Å². The van der Waals surface area contributed by atoms with Gasteiger partial charge in [0.2, 0.25) is 10.0 Å². The number of hydrogen-bond acceptors (Lipinski definition) is 6. The lowest BCUT2D eigenvalue weighted by Crippen LogP contribution is -2.48. The molecule has 1 fully saturated rings. The third-order valence-electron chi connectivity index (χ3n) is 4.03. The average molecular weight is 340 g/mol. The Bertz CT molecular complexity index is 736. The first-order valence-corrected chi connectivity index (χ1v) is 9.74. The maximum atomic E-state index is 12.9. The molecule has 8 heteroatoms. The fourth-order valence-corrected chi connectivity index (χ4v) is 4.88. The predicted octanol–water partition coefficient (Wildman–Crippen LogP) is 1.80. The van der Waals surface area contributed by atoms with Gasteiger partial charge in [-0.2, -0.15) is 13.1 Å². The van der Waals surface area contributed by atoms with Gasteiger partial charge in [-0.3, -0.25) is 0 Å². The highest BCUT2D eigenvalue weighted by molar-refractivity contribution is 7.89. The molecular formula is C14H20N4O2S2. The Hall–Kier alpha value is -1.09. The molecule has 1 saturated heterocycles. The Morgan fingerprint density at radius 1 is 1.18 bits per heavy atom. The third-order valence-corrected chi connectivity index (χ3v) is 6.50. The summed E-state index contributed by atoms with van der Waals surface area (Å²) >= 11 is 1.05. The van der Waals surface area contributed by atoms with Crippen molar-refractivity contribution in [3.63, 3.8) is 0 Å². The number of nitrogens with zero attached hydrogens (tertiary/aromatic N) is 4. The zero-order chi connectivity index (χ0) is 15.6. The summed E-state index contributed by atoms with van der Waals surface area (Å²) in [5.41, 5.74) is 1.13. The van der Waals surface area contributed by atoms with Crippen LogP contribution in [0.2, 0.25) is 0 Å². The van der Waals surface area contributed by atoms with Crippen molar-refractivity contribution in [1.82, 2.24) is 18.0 Å². The van der Waals surface area contributed by atoms with Crippen molar-refractivity contribution in [1.29, 1.82) is 0 Å². The molecule has 1 aliphatic rings. The molecule has 1 aliphatic heterocycles. The summed E-state index contributed by atoms with van der Waals surface area (Å²) in [5.74, 6) is 0. The van der Waals surface area contributed by atoms with Gasteiger partial charge in [0, 0.05) is 26.2 Å². The zero-order valence-corrected chi connectivity index (χ0v) is 14.2. The summed E-state index contributed by atoms with van der Waals surface area (Å²) in [6.07, 6.45) is 2.33. The van der Waals surface area contributed by atoms with E-state index in [-0.39, 0.29) is 4.90 Å². The fraction of sp³-hybridized carbons (Fsp3) is 0.571. The van der Waals surface area contributed by atoms with E-state index in [9.17, 15) is 8.42 Å². The van der Waals surface area contributed by atoms with Gasteiger partial charge in [0.15, 0.2) is 0 Å². The molecule has 6 nitrogen and oxygen atoms in total. The number of fused-ring (bicyclic) bond motifs is 1. The van der Waals surface area contributed by atoms with Crippen LogP contribution < -0.4 is 0 Å². The maximum absolute atomic E-state index is 12.9. The molecule has 0 saturated carbocycles. The number of unbranched alkanes of at least 4 members (excludes halogenated alkanes) is 1. The molecule has 0 bridgehead atoms. The van der Waals surface area contributed by atoms with Crippen LogP contribution in [0.1, 0.15) is 19.8 Å². The van der Waals surface area contributed by atoms with Gasteiger partial charge in [-0.25, -0.2) is 8.42 Å². The molecule has 2 heterocycles. The van der Waals surface area contributed by atoms with E-state index in [1.165, 1.54) is 0 Å². The van der Waals surface area contributed by atoms with E-state index in [0.29, 0.717) is 24.1 Å². The highest BCUT2D eigenvalue weighted by atomic mass is 32.2. The molecule has 0 spiro atoms. The minimum atomic E-state index is -3.49. The minimum Gasteiger partial charge on any atom is -0.301 e. The van der Waals surface area contributed by atoms with Gasteiger partial charge in [0.1, 0.15) is 15.9 Å². The highest BCUT2D eigenvalue weighted by Crippen LogP contribution is 2.25. The zero-order valence-electron chi connectivity index (χ0n) is 12.6. The van der Waals surface area contributed by atoms with Crippen molar-refractivity contribution in [2.45, 2.75) is 24.7 Å². The Balaban J connectivity index is 1.78. The molecule has 120 valence electrons. The van der Waals surface area contributed by atoms with Gasteiger partial charge >= 0.3 is 0 Å². The van der Waals surface area contributed by atoms with E-state index in [0.717, 1.165) is 44.2 Å². The van der Waals surface area contributed by atoms with Crippen molar-refractivity contribution in [3.8, 4) is 0 Å². The van der Waals surface area contributed by atoms with Gasteiger partial charge in [0.25, 0.3) is 0 Å². The molecule has 22 heavy (non-hydrogen) atoms. The number of sulfonamides is 1. The monoisotopic (exact) mass is 340 g/mol. The second-order valence-corrected chi connectivity index (χ2v) is 7.92. The molecule has 0 aliphatic carbocycles. The van der Waals surface area contributed by atoms with E-state index in [2.05, 4.69) is 20.6 Å². The first kappa shape index (κ1) is 15.8. The van der Waals surface area contributed by atoms with Crippen LogP contribution >= 0.6 is 11.7 Å². The molecule has 0 amide bonds. The largest absolute Gasteiger partial charge is 0.301 e. The Labute approximate surface area is 135 Å². The second-order valence-electron chi connectivity index (χ2n) is 5.49. The van der Waals surface area contributed by atoms with Crippen LogP contribution in [0.4, 0.5) is 0 Å². The third kappa shape index (κ3) is 3.01. The number of hydrogen-bond donors (Lipinski definition) is 0. The van der Waals surface area contributed by atoms with Gasteiger partial charge in [0.05, 0.1) is 11.7 Å². The molecule has 0 N–H and O–H groups in total. The first-order chi connectivity index (χ1) is 10.6. The Kier molecular flexibility index (Phi) is 4.72. The summed E-state index contributed by atoms with van der Waals surface area (Å²) in [6.45, 7) is 5.90. The lowest BCUT2D eigenvalue weighted by atomic mass is 10.3. The molecule has 2 aromatic rings. The first-order valence-electron chi connectivity index (χ1n) is 7.56. The van der Waals surface area contributed by atoms with Gasteiger partial charge in [-0.05, 0) is 25.1 Å². The quantitative estimate of drug-likeness (QED) is 0.830. The van der Waals surface area contributed by atoms with Crippen molar-refractivity contribution >= 4 is 32.8 Å². The van der Waals surface area contributed by atoms with Crippen molar-refractivity contribution < 1.29 is 8.42 Å². The predicted molar refractivity (Wildman–Crippen MR) is 87.5 cm³/mol. The molecule has 0 atom stereocenters. The van der Waals surface area contributed by atoms with Gasteiger partial charge < -0.3 is 4.90 Å². The van der Waals surface area contributed by atoms with Crippen LogP contribution in [0.15, 0.2) is 23.1 Å². The summed E-state index contributed by atoms with van der Waals surface area (Å²) in [7, 11) is -3.49. The molecule has 0 radical (unpaired) electrons. The van der Waals surface area contributed by atoms with Crippen LogP contribution in [-0.4, -0.2) is 59.1 Å². The lowest BCUT2D eigenvalue weighted by Gasteiger charge is -2.33. The summed E-state index contributed by atoms with van der Waals surface area (Å²) in [4.78, 5) is 2.61. The molecule has 3 rings (SSSR count). The normalized spacial score (nSPS) is 18.0. The van der Waals surface area contributed by atoms with E-state index in [4.69, 9.17) is 0 Å². The number of rotatable bonds is 5. The fourth-order valence-electron chi connectivity index (χ4n) is 2.70. The number of benzene rings is 1. The van der Waals surface area contributed by atoms with Crippen LogP contribution in [0.25, 0.3) is 11.0 Å².